The maximum Gasteiger partial charge on any atom is 0.225 e. The largest absolute Gasteiger partial charge is 0.345 e. The summed E-state index contributed by atoms with van der Waals surface area (Å²) in [6.45, 7) is 4.98. The van der Waals surface area contributed by atoms with E-state index in [1.165, 1.54) is 0 Å². The van der Waals surface area contributed by atoms with Crippen LogP contribution in [0.5, 0.6) is 0 Å². The van der Waals surface area contributed by atoms with Crippen molar-refractivity contribution in [2.75, 3.05) is 13.6 Å². The number of carbonyl (C=O) groups excluding carboxylic acids is 1. The van der Waals surface area contributed by atoms with E-state index in [9.17, 15) is 4.79 Å². The number of hydrogen-bond acceptors (Lipinski definition) is 3. The molecule has 0 aromatic heterocycles. The van der Waals surface area contributed by atoms with Crippen LogP contribution in [0.3, 0.4) is 0 Å². The predicted octanol–water partition coefficient (Wildman–Crippen LogP) is 0.946. The molecule has 4 nitrogen and oxygen atoms in total. The molecule has 3 unspecified atom stereocenters. The van der Waals surface area contributed by atoms with Gasteiger partial charge >= 0.3 is 0 Å². The molecule has 3 atom stereocenters. The Labute approximate surface area is 105 Å². The summed E-state index contributed by atoms with van der Waals surface area (Å²) in [5.41, 5.74) is 11.8. The second kappa shape index (κ2) is 6.36. The topological polar surface area (TPSA) is 72.3 Å². The number of amides is 1. The molecule has 1 rings (SSSR count). The Morgan fingerprint density at radius 1 is 1.41 bits per heavy atom. The number of hydrogen-bond donors (Lipinski definition) is 2. The van der Waals surface area contributed by atoms with Gasteiger partial charge in [0, 0.05) is 31.6 Å². The van der Waals surface area contributed by atoms with Crippen molar-refractivity contribution in [3.63, 3.8) is 0 Å². The Morgan fingerprint density at radius 3 is 2.53 bits per heavy atom. The number of rotatable bonds is 5. The van der Waals surface area contributed by atoms with Gasteiger partial charge in [0.15, 0.2) is 0 Å². The standard InChI is InChI=1S/C13H27N3O/c1-9(2)12(15)6-7-16(3)13(17)10-4-5-11(14)8-10/h9-12H,4-8,14-15H2,1-3H3. The molecule has 4 heteroatoms. The average Bonchev–Trinajstić information content (AvgIpc) is 2.70. The van der Waals surface area contributed by atoms with Crippen LogP contribution in [0, 0.1) is 11.8 Å². The predicted molar refractivity (Wildman–Crippen MR) is 70.4 cm³/mol. The molecule has 0 aromatic carbocycles. The van der Waals surface area contributed by atoms with E-state index < -0.39 is 0 Å². The molecule has 0 heterocycles. The molecular weight excluding hydrogens is 214 g/mol. The van der Waals surface area contributed by atoms with E-state index in [1.807, 2.05) is 11.9 Å². The molecule has 0 aromatic rings. The summed E-state index contributed by atoms with van der Waals surface area (Å²) < 4.78 is 0. The van der Waals surface area contributed by atoms with Gasteiger partial charge in [-0.05, 0) is 31.6 Å². The first-order chi connectivity index (χ1) is 7.91. The third-order valence-electron chi connectivity index (χ3n) is 3.85. The first kappa shape index (κ1) is 14.5. The van der Waals surface area contributed by atoms with Gasteiger partial charge in [-0.1, -0.05) is 13.8 Å². The molecular formula is C13H27N3O. The van der Waals surface area contributed by atoms with Crippen molar-refractivity contribution in [2.24, 2.45) is 23.3 Å². The van der Waals surface area contributed by atoms with Gasteiger partial charge in [0.1, 0.15) is 0 Å². The van der Waals surface area contributed by atoms with Crippen LogP contribution in [0.15, 0.2) is 0 Å². The highest BCUT2D eigenvalue weighted by molar-refractivity contribution is 5.78. The first-order valence-electron chi connectivity index (χ1n) is 6.68. The Hall–Kier alpha value is -0.610. The maximum atomic E-state index is 12.1. The van der Waals surface area contributed by atoms with E-state index in [-0.39, 0.29) is 23.9 Å². The molecule has 1 aliphatic rings. The number of carbonyl (C=O) groups is 1. The lowest BCUT2D eigenvalue weighted by atomic mass is 10.0. The van der Waals surface area contributed by atoms with E-state index in [4.69, 9.17) is 11.5 Å². The third-order valence-corrected chi connectivity index (χ3v) is 3.85. The normalized spacial score (nSPS) is 26.2. The van der Waals surface area contributed by atoms with Crippen LogP contribution in [-0.4, -0.2) is 36.5 Å². The van der Waals surface area contributed by atoms with E-state index >= 15 is 0 Å². The Balaban J connectivity index is 2.32. The van der Waals surface area contributed by atoms with E-state index in [1.54, 1.807) is 0 Å². The van der Waals surface area contributed by atoms with Crippen molar-refractivity contribution in [2.45, 2.75) is 51.6 Å². The molecule has 0 spiro atoms. The summed E-state index contributed by atoms with van der Waals surface area (Å²) in [5, 5.41) is 0. The van der Waals surface area contributed by atoms with Gasteiger partial charge < -0.3 is 16.4 Å². The summed E-state index contributed by atoms with van der Waals surface area (Å²) in [6.07, 6.45) is 3.65. The van der Waals surface area contributed by atoms with Crippen molar-refractivity contribution in [3.05, 3.63) is 0 Å². The van der Waals surface area contributed by atoms with Crippen molar-refractivity contribution in [1.82, 2.24) is 4.90 Å². The molecule has 4 N–H and O–H groups in total. The zero-order valence-electron chi connectivity index (χ0n) is 11.4. The first-order valence-corrected chi connectivity index (χ1v) is 6.68. The van der Waals surface area contributed by atoms with Crippen LogP contribution in [0.25, 0.3) is 0 Å². The molecule has 1 saturated carbocycles. The number of nitrogens with two attached hydrogens (primary N) is 2. The van der Waals surface area contributed by atoms with E-state index in [2.05, 4.69) is 13.8 Å². The third kappa shape index (κ3) is 4.28. The van der Waals surface area contributed by atoms with E-state index in [0.717, 1.165) is 32.2 Å². The van der Waals surface area contributed by atoms with E-state index in [0.29, 0.717) is 5.92 Å². The lowest BCUT2D eigenvalue weighted by Gasteiger charge is -2.24. The van der Waals surface area contributed by atoms with Crippen LogP contribution in [-0.2, 0) is 4.79 Å². The lowest BCUT2D eigenvalue weighted by molar-refractivity contribution is -0.134. The molecule has 17 heavy (non-hydrogen) atoms. The quantitative estimate of drug-likeness (QED) is 0.752. The van der Waals surface area contributed by atoms with Crippen LogP contribution >= 0.6 is 0 Å². The molecule has 1 fully saturated rings. The summed E-state index contributed by atoms with van der Waals surface area (Å²) in [6, 6.07) is 0.395. The second-order valence-corrected chi connectivity index (χ2v) is 5.73. The van der Waals surface area contributed by atoms with Crippen LogP contribution in [0.2, 0.25) is 0 Å². The molecule has 1 aliphatic carbocycles. The van der Waals surface area contributed by atoms with Gasteiger partial charge in [-0.2, -0.15) is 0 Å². The Morgan fingerprint density at radius 2 is 2.06 bits per heavy atom. The maximum absolute atomic E-state index is 12.1. The minimum atomic E-state index is 0.144. The fourth-order valence-electron chi connectivity index (χ4n) is 2.34. The summed E-state index contributed by atoms with van der Waals surface area (Å²) in [5.74, 6) is 0.859. The van der Waals surface area contributed by atoms with Crippen LogP contribution in [0.4, 0.5) is 0 Å². The molecule has 0 bridgehead atoms. The van der Waals surface area contributed by atoms with Crippen LogP contribution in [0.1, 0.15) is 39.5 Å². The second-order valence-electron chi connectivity index (χ2n) is 5.73. The smallest absolute Gasteiger partial charge is 0.225 e. The fraction of sp³-hybridized carbons (Fsp3) is 0.923. The minimum absolute atomic E-state index is 0.144. The van der Waals surface area contributed by atoms with Gasteiger partial charge in [0.25, 0.3) is 0 Å². The monoisotopic (exact) mass is 241 g/mol. The molecule has 0 aliphatic heterocycles. The SMILES string of the molecule is CC(C)C(N)CCN(C)C(=O)C1CCC(N)C1. The number of nitrogens with zero attached hydrogens (tertiary/aromatic N) is 1. The summed E-state index contributed by atoms with van der Waals surface area (Å²) >= 11 is 0. The van der Waals surface area contributed by atoms with Crippen molar-refractivity contribution >= 4 is 5.91 Å². The summed E-state index contributed by atoms with van der Waals surface area (Å²) in [7, 11) is 1.87. The molecule has 100 valence electrons. The zero-order chi connectivity index (χ0) is 13.0. The van der Waals surface area contributed by atoms with Crippen LogP contribution < -0.4 is 11.5 Å². The van der Waals surface area contributed by atoms with Gasteiger partial charge in [-0.25, -0.2) is 0 Å². The molecule has 1 amide bonds. The highest BCUT2D eigenvalue weighted by atomic mass is 16.2. The van der Waals surface area contributed by atoms with Crippen molar-refractivity contribution in [3.8, 4) is 0 Å². The Kier molecular flexibility index (Phi) is 5.40. The van der Waals surface area contributed by atoms with Gasteiger partial charge in [0.05, 0.1) is 0 Å². The minimum Gasteiger partial charge on any atom is -0.345 e. The highest BCUT2D eigenvalue weighted by Crippen LogP contribution is 2.25. The summed E-state index contributed by atoms with van der Waals surface area (Å²) in [4.78, 5) is 13.9. The van der Waals surface area contributed by atoms with Gasteiger partial charge in [-0.3, -0.25) is 4.79 Å². The fourth-order valence-corrected chi connectivity index (χ4v) is 2.34. The lowest BCUT2D eigenvalue weighted by Crippen LogP contribution is -2.37. The molecule has 0 radical (unpaired) electrons. The average molecular weight is 241 g/mol. The Bertz CT molecular complexity index is 255. The van der Waals surface area contributed by atoms with Crippen molar-refractivity contribution in [1.29, 1.82) is 0 Å². The molecule has 0 saturated heterocycles. The highest BCUT2D eigenvalue weighted by Gasteiger charge is 2.29. The zero-order valence-corrected chi connectivity index (χ0v) is 11.4. The van der Waals surface area contributed by atoms with Gasteiger partial charge in [-0.15, -0.1) is 0 Å². The van der Waals surface area contributed by atoms with Gasteiger partial charge in [0.2, 0.25) is 5.91 Å². The van der Waals surface area contributed by atoms with Crippen molar-refractivity contribution < 1.29 is 4.79 Å².